The van der Waals surface area contributed by atoms with E-state index < -0.39 is 12.1 Å². The molecule has 5 nitrogen and oxygen atoms in total. The number of carboxylic acids is 1. The van der Waals surface area contributed by atoms with Gasteiger partial charge in [-0.05, 0) is 25.1 Å². The minimum atomic E-state index is -1.05. The number of amides is 1. The van der Waals surface area contributed by atoms with Crippen LogP contribution >= 0.6 is 11.6 Å². The summed E-state index contributed by atoms with van der Waals surface area (Å²) in [7, 11) is 0. The maximum Gasteiger partial charge on any atom is 0.332 e. The Balaban J connectivity index is 2.32. The first-order chi connectivity index (χ1) is 8.49. The molecule has 1 aromatic rings. The molecule has 0 saturated heterocycles. The molecule has 0 radical (unpaired) electrons. The maximum absolute atomic E-state index is 11.5. The number of carboxylic acid groups (broad SMARTS) is 1. The van der Waals surface area contributed by atoms with E-state index in [9.17, 15) is 9.59 Å². The number of ether oxygens (including phenoxy) is 1. The first-order valence-corrected chi connectivity index (χ1v) is 5.76. The summed E-state index contributed by atoms with van der Waals surface area (Å²) >= 11 is 5.77. The first-order valence-electron chi connectivity index (χ1n) is 5.39. The lowest BCUT2D eigenvalue weighted by molar-refractivity contribution is -0.149. The van der Waals surface area contributed by atoms with Crippen molar-refractivity contribution < 1.29 is 19.4 Å². The van der Waals surface area contributed by atoms with Gasteiger partial charge in [0, 0.05) is 10.7 Å². The van der Waals surface area contributed by atoms with E-state index in [1.165, 1.54) is 6.92 Å². The molecule has 0 aromatic heterocycles. The second-order valence-corrected chi connectivity index (χ2v) is 4.10. The lowest BCUT2D eigenvalue weighted by Gasteiger charge is -2.08. The van der Waals surface area contributed by atoms with Crippen molar-refractivity contribution in [2.45, 2.75) is 19.4 Å². The van der Waals surface area contributed by atoms with Gasteiger partial charge >= 0.3 is 5.97 Å². The number of carbonyl (C=O) groups excluding carboxylic acids is 1. The molecule has 1 aromatic carbocycles. The van der Waals surface area contributed by atoms with Crippen molar-refractivity contribution in [2.24, 2.45) is 0 Å². The highest BCUT2D eigenvalue weighted by Crippen LogP contribution is 2.14. The van der Waals surface area contributed by atoms with E-state index in [1.807, 2.05) is 0 Å². The number of halogens is 1. The Morgan fingerprint density at radius 3 is 2.83 bits per heavy atom. The standard InChI is InChI=1S/C12H14ClNO4/c1-8(12(16)17)18-6-5-11(15)14-10-4-2-3-9(13)7-10/h2-4,7-8H,5-6H2,1H3,(H,14,15)(H,16,17). The zero-order chi connectivity index (χ0) is 13.5. The van der Waals surface area contributed by atoms with E-state index in [-0.39, 0.29) is 18.9 Å². The van der Waals surface area contributed by atoms with E-state index in [0.717, 1.165) is 0 Å². The predicted molar refractivity (Wildman–Crippen MR) is 67.7 cm³/mol. The van der Waals surface area contributed by atoms with Crippen LogP contribution in [0.1, 0.15) is 13.3 Å². The average molecular weight is 272 g/mol. The Hall–Kier alpha value is -1.59. The highest BCUT2D eigenvalue weighted by atomic mass is 35.5. The van der Waals surface area contributed by atoms with Gasteiger partial charge in [0.2, 0.25) is 5.91 Å². The topological polar surface area (TPSA) is 75.6 Å². The average Bonchev–Trinajstić information content (AvgIpc) is 2.28. The van der Waals surface area contributed by atoms with Gasteiger partial charge < -0.3 is 15.2 Å². The van der Waals surface area contributed by atoms with Crippen molar-refractivity contribution in [3.8, 4) is 0 Å². The predicted octanol–water partition coefficient (Wildman–Crippen LogP) is 2.16. The van der Waals surface area contributed by atoms with Crippen LogP contribution in [0.2, 0.25) is 5.02 Å². The summed E-state index contributed by atoms with van der Waals surface area (Å²) in [6, 6.07) is 6.76. The van der Waals surface area contributed by atoms with Crippen LogP contribution in [0, 0.1) is 0 Å². The molecule has 0 aliphatic rings. The number of hydrogen-bond donors (Lipinski definition) is 2. The molecule has 0 heterocycles. The van der Waals surface area contributed by atoms with Gasteiger partial charge in [-0.3, -0.25) is 4.79 Å². The number of carbonyl (C=O) groups is 2. The molecule has 0 aliphatic heterocycles. The lowest BCUT2D eigenvalue weighted by atomic mass is 10.3. The van der Waals surface area contributed by atoms with Crippen molar-refractivity contribution >= 4 is 29.2 Å². The molecule has 6 heteroatoms. The van der Waals surface area contributed by atoms with Crippen LogP contribution in [0.25, 0.3) is 0 Å². The van der Waals surface area contributed by atoms with Crippen LogP contribution in [-0.4, -0.2) is 29.7 Å². The van der Waals surface area contributed by atoms with Crippen molar-refractivity contribution in [3.63, 3.8) is 0 Å². The Morgan fingerprint density at radius 1 is 1.50 bits per heavy atom. The molecule has 18 heavy (non-hydrogen) atoms. The van der Waals surface area contributed by atoms with Crippen LogP contribution in [0.5, 0.6) is 0 Å². The van der Waals surface area contributed by atoms with Gasteiger partial charge in [-0.15, -0.1) is 0 Å². The zero-order valence-corrected chi connectivity index (χ0v) is 10.6. The van der Waals surface area contributed by atoms with Gasteiger partial charge in [0.15, 0.2) is 6.10 Å². The molecule has 1 amide bonds. The summed E-state index contributed by atoms with van der Waals surface area (Å²) in [5.41, 5.74) is 0.596. The van der Waals surface area contributed by atoms with E-state index >= 15 is 0 Å². The molecule has 0 bridgehead atoms. The summed E-state index contributed by atoms with van der Waals surface area (Å²) in [5.74, 6) is -1.31. The molecule has 0 aliphatic carbocycles. The van der Waals surface area contributed by atoms with Gasteiger partial charge in [-0.25, -0.2) is 4.79 Å². The second kappa shape index (κ2) is 6.98. The van der Waals surface area contributed by atoms with Gasteiger partial charge in [0.25, 0.3) is 0 Å². The molecule has 0 fully saturated rings. The Labute approximate surface area is 110 Å². The fourth-order valence-corrected chi connectivity index (χ4v) is 1.38. The molecule has 1 unspecified atom stereocenters. The van der Waals surface area contributed by atoms with Gasteiger partial charge in [0.1, 0.15) is 0 Å². The SMILES string of the molecule is CC(OCCC(=O)Nc1cccc(Cl)c1)C(=O)O. The van der Waals surface area contributed by atoms with Crippen molar-refractivity contribution in [1.82, 2.24) is 0 Å². The van der Waals surface area contributed by atoms with Crippen LogP contribution in [0.3, 0.4) is 0 Å². The third-order valence-electron chi connectivity index (χ3n) is 2.15. The molecule has 1 atom stereocenters. The van der Waals surface area contributed by atoms with Crippen LogP contribution in [0.15, 0.2) is 24.3 Å². The molecular weight excluding hydrogens is 258 g/mol. The fraction of sp³-hybridized carbons (Fsp3) is 0.333. The van der Waals surface area contributed by atoms with Crippen molar-refractivity contribution in [3.05, 3.63) is 29.3 Å². The lowest BCUT2D eigenvalue weighted by Crippen LogP contribution is -2.22. The van der Waals surface area contributed by atoms with Crippen molar-refractivity contribution in [1.29, 1.82) is 0 Å². The Kier molecular flexibility index (Phi) is 5.61. The van der Waals surface area contributed by atoms with Crippen molar-refractivity contribution in [2.75, 3.05) is 11.9 Å². The molecule has 0 spiro atoms. The van der Waals surface area contributed by atoms with Crippen LogP contribution < -0.4 is 5.32 Å². The van der Waals surface area contributed by atoms with Crippen LogP contribution in [0.4, 0.5) is 5.69 Å². The Bertz CT molecular complexity index is 436. The molecule has 0 saturated carbocycles. The highest BCUT2D eigenvalue weighted by Gasteiger charge is 2.11. The quantitative estimate of drug-likeness (QED) is 0.831. The smallest absolute Gasteiger partial charge is 0.332 e. The summed E-state index contributed by atoms with van der Waals surface area (Å²) in [5, 5.41) is 11.7. The fourth-order valence-electron chi connectivity index (χ4n) is 1.19. The molecule has 1 rings (SSSR count). The molecular formula is C12H14ClNO4. The largest absolute Gasteiger partial charge is 0.479 e. The number of benzene rings is 1. The summed E-state index contributed by atoms with van der Waals surface area (Å²) < 4.78 is 4.95. The number of hydrogen-bond acceptors (Lipinski definition) is 3. The first kappa shape index (κ1) is 14.5. The van der Waals surface area contributed by atoms with Gasteiger partial charge in [-0.1, -0.05) is 17.7 Å². The third kappa shape index (κ3) is 5.16. The minimum absolute atomic E-state index is 0.0554. The van der Waals surface area contributed by atoms with Crippen LogP contribution in [-0.2, 0) is 14.3 Å². The van der Waals surface area contributed by atoms with E-state index in [2.05, 4.69) is 5.32 Å². The monoisotopic (exact) mass is 271 g/mol. The minimum Gasteiger partial charge on any atom is -0.479 e. The number of aliphatic carboxylic acids is 1. The van der Waals surface area contributed by atoms with Gasteiger partial charge in [-0.2, -0.15) is 0 Å². The zero-order valence-electron chi connectivity index (χ0n) is 9.85. The van der Waals surface area contributed by atoms with E-state index in [4.69, 9.17) is 21.4 Å². The summed E-state index contributed by atoms with van der Waals surface area (Å²) in [6.45, 7) is 1.47. The van der Waals surface area contributed by atoms with Gasteiger partial charge in [0.05, 0.1) is 13.0 Å². The molecule has 2 N–H and O–H groups in total. The normalized spacial score (nSPS) is 11.9. The van der Waals surface area contributed by atoms with E-state index in [1.54, 1.807) is 24.3 Å². The summed E-state index contributed by atoms with van der Waals surface area (Å²) in [6.07, 6.45) is -0.826. The number of nitrogens with one attached hydrogen (secondary N) is 1. The third-order valence-corrected chi connectivity index (χ3v) is 2.39. The van der Waals surface area contributed by atoms with E-state index in [0.29, 0.717) is 10.7 Å². The second-order valence-electron chi connectivity index (χ2n) is 3.66. The Morgan fingerprint density at radius 2 is 2.22 bits per heavy atom. The highest BCUT2D eigenvalue weighted by molar-refractivity contribution is 6.30. The molecule has 98 valence electrons. The maximum atomic E-state index is 11.5. The summed E-state index contributed by atoms with van der Waals surface area (Å²) in [4.78, 5) is 22.0. The number of anilines is 1. The number of rotatable bonds is 6.